The molecule has 5 nitrogen and oxygen atoms in total. The first-order chi connectivity index (χ1) is 12.1. The van der Waals surface area contributed by atoms with Gasteiger partial charge in [-0.25, -0.2) is 0 Å². The Kier molecular flexibility index (Phi) is 5.49. The van der Waals surface area contributed by atoms with Crippen molar-refractivity contribution < 1.29 is 9.53 Å². The van der Waals surface area contributed by atoms with Crippen LogP contribution in [0.5, 0.6) is 0 Å². The van der Waals surface area contributed by atoms with Crippen LogP contribution in [0.25, 0.3) is 0 Å². The van der Waals surface area contributed by atoms with Gasteiger partial charge < -0.3 is 10.5 Å². The first-order valence-corrected chi connectivity index (χ1v) is 8.78. The number of carbonyl (C=O) groups is 1. The Balaban J connectivity index is 1.82. The Morgan fingerprint density at radius 1 is 1.24 bits per heavy atom. The van der Waals surface area contributed by atoms with Crippen LogP contribution in [0.2, 0.25) is 0 Å². The Morgan fingerprint density at radius 3 is 2.52 bits per heavy atom. The molecule has 2 unspecified atom stereocenters. The summed E-state index contributed by atoms with van der Waals surface area (Å²) in [7, 11) is 0. The Labute approximate surface area is 155 Å². The maximum absolute atomic E-state index is 12.1. The second-order valence-corrected chi connectivity index (χ2v) is 6.86. The third-order valence-electron chi connectivity index (χ3n) is 4.33. The molecule has 6 heteroatoms. The number of hydrogen-bond acceptors (Lipinski definition) is 4. The molecule has 2 N–H and O–H groups in total. The fourth-order valence-electron chi connectivity index (χ4n) is 3.08. The number of nitrogens with two attached hydrogens (primary N) is 1. The molecule has 1 aliphatic heterocycles. The maximum Gasteiger partial charge on any atom is 0.239 e. The van der Waals surface area contributed by atoms with Crippen molar-refractivity contribution in [3.8, 4) is 6.07 Å². The van der Waals surface area contributed by atoms with Crippen LogP contribution in [0.15, 0.2) is 53.0 Å². The summed E-state index contributed by atoms with van der Waals surface area (Å²) in [6.07, 6.45) is -0.109. The number of nitrogens with zero attached hydrogens (tertiary/aromatic N) is 2. The van der Waals surface area contributed by atoms with E-state index in [1.165, 1.54) is 0 Å². The summed E-state index contributed by atoms with van der Waals surface area (Å²) >= 11 is 3.43. The number of amides is 1. The first kappa shape index (κ1) is 17.6. The van der Waals surface area contributed by atoms with Crippen molar-refractivity contribution in [3.63, 3.8) is 0 Å². The van der Waals surface area contributed by atoms with E-state index in [9.17, 15) is 4.79 Å². The number of nitriles is 1. The summed E-state index contributed by atoms with van der Waals surface area (Å²) in [5, 5.41) is 8.93. The van der Waals surface area contributed by atoms with Crippen LogP contribution in [0.1, 0.15) is 28.8 Å². The standard InChI is InChI=1S/C19H18BrN3O2/c20-16-7-5-14(6-8-16)17-12-23(9-10-25-17)18(19(22)24)15-3-1-13(11-21)2-4-15/h1-8,17-18H,9-10,12H2,(H2,22,24). The number of benzene rings is 2. The van der Waals surface area contributed by atoms with E-state index in [0.717, 1.165) is 15.6 Å². The van der Waals surface area contributed by atoms with Crippen LogP contribution >= 0.6 is 15.9 Å². The minimum Gasteiger partial charge on any atom is -0.371 e. The van der Waals surface area contributed by atoms with Gasteiger partial charge in [-0.2, -0.15) is 5.26 Å². The minimum absolute atomic E-state index is 0.109. The fourth-order valence-corrected chi connectivity index (χ4v) is 3.34. The lowest BCUT2D eigenvalue weighted by atomic mass is 10.0. The van der Waals surface area contributed by atoms with Gasteiger partial charge in [0.15, 0.2) is 0 Å². The molecule has 1 fully saturated rings. The van der Waals surface area contributed by atoms with Crippen LogP contribution in [0.4, 0.5) is 0 Å². The quantitative estimate of drug-likeness (QED) is 0.856. The lowest BCUT2D eigenvalue weighted by Gasteiger charge is -2.37. The van der Waals surface area contributed by atoms with Crippen molar-refractivity contribution in [2.45, 2.75) is 12.1 Å². The highest BCUT2D eigenvalue weighted by molar-refractivity contribution is 9.10. The SMILES string of the molecule is N#Cc1ccc(C(C(N)=O)N2CCOC(c3ccc(Br)cc3)C2)cc1. The van der Waals surface area contributed by atoms with Crippen molar-refractivity contribution in [2.24, 2.45) is 5.73 Å². The summed E-state index contributed by atoms with van der Waals surface area (Å²) in [5.74, 6) is -0.402. The van der Waals surface area contributed by atoms with Crippen molar-refractivity contribution in [1.82, 2.24) is 4.90 Å². The molecule has 1 saturated heterocycles. The summed E-state index contributed by atoms with van der Waals surface area (Å²) in [4.78, 5) is 14.2. The predicted molar refractivity (Wildman–Crippen MR) is 97.5 cm³/mol. The van der Waals surface area contributed by atoms with Crippen LogP contribution in [-0.2, 0) is 9.53 Å². The fraction of sp³-hybridized carbons (Fsp3) is 0.263. The van der Waals surface area contributed by atoms with E-state index in [0.29, 0.717) is 25.3 Å². The van der Waals surface area contributed by atoms with Crippen molar-refractivity contribution in [2.75, 3.05) is 19.7 Å². The molecule has 2 aromatic rings. The Bertz CT molecular complexity index is 784. The van der Waals surface area contributed by atoms with Gasteiger partial charge in [0.25, 0.3) is 0 Å². The highest BCUT2D eigenvalue weighted by atomic mass is 79.9. The van der Waals surface area contributed by atoms with Crippen LogP contribution in [0, 0.1) is 11.3 Å². The largest absolute Gasteiger partial charge is 0.371 e. The van der Waals surface area contributed by atoms with Crippen LogP contribution in [0.3, 0.4) is 0 Å². The van der Waals surface area contributed by atoms with Gasteiger partial charge in [-0.05, 0) is 35.4 Å². The number of halogens is 1. The molecule has 0 saturated carbocycles. The number of rotatable bonds is 4. The lowest BCUT2D eigenvalue weighted by molar-refractivity contribution is -0.127. The number of morpholine rings is 1. The zero-order chi connectivity index (χ0) is 17.8. The van der Waals surface area contributed by atoms with E-state index >= 15 is 0 Å². The van der Waals surface area contributed by atoms with E-state index in [2.05, 4.69) is 22.0 Å². The summed E-state index contributed by atoms with van der Waals surface area (Å²) in [5.41, 5.74) is 8.10. The van der Waals surface area contributed by atoms with Gasteiger partial charge in [0.1, 0.15) is 6.04 Å². The monoisotopic (exact) mass is 399 g/mol. The summed E-state index contributed by atoms with van der Waals surface area (Å²) in [6, 6.07) is 16.5. The van der Waals surface area contributed by atoms with Crippen molar-refractivity contribution >= 4 is 21.8 Å². The van der Waals surface area contributed by atoms with E-state index in [1.807, 2.05) is 29.2 Å². The number of hydrogen-bond donors (Lipinski definition) is 1. The molecule has 3 rings (SSSR count). The molecule has 1 heterocycles. The normalized spacial score (nSPS) is 19.1. The van der Waals surface area contributed by atoms with Gasteiger partial charge >= 0.3 is 0 Å². The molecule has 2 aromatic carbocycles. The molecule has 0 spiro atoms. The topological polar surface area (TPSA) is 79.3 Å². The zero-order valence-corrected chi connectivity index (χ0v) is 15.1. The van der Waals surface area contributed by atoms with E-state index < -0.39 is 11.9 Å². The zero-order valence-electron chi connectivity index (χ0n) is 13.6. The molecule has 25 heavy (non-hydrogen) atoms. The Morgan fingerprint density at radius 2 is 1.92 bits per heavy atom. The Hall–Kier alpha value is -2.20. The average Bonchev–Trinajstić information content (AvgIpc) is 2.63. The average molecular weight is 400 g/mol. The van der Waals surface area contributed by atoms with E-state index in [4.69, 9.17) is 15.7 Å². The number of carbonyl (C=O) groups excluding carboxylic acids is 1. The van der Waals surface area contributed by atoms with Gasteiger partial charge in [0.2, 0.25) is 5.91 Å². The van der Waals surface area contributed by atoms with Crippen LogP contribution in [-0.4, -0.2) is 30.5 Å². The third kappa shape index (κ3) is 4.07. The minimum atomic E-state index is -0.533. The molecule has 0 radical (unpaired) electrons. The van der Waals surface area contributed by atoms with Crippen molar-refractivity contribution in [3.05, 3.63) is 69.7 Å². The second kappa shape index (κ2) is 7.79. The molecule has 128 valence electrons. The molecule has 2 atom stereocenters. The lowest BCUT2D eigenvalue weighted by Crippen LogP contribution is -2.45. The van der Waals surface area contributed by atoms with E-state index in [-0.39, 0.29) is 6.10 Å². The number of ether oxygens (including phenoxy) is 1. The van der Waals surface area contributed by atoms with Crippen LogP contribution < -0.4 is 5.73 Å². The molecule has 1 amide bonds. The second-order valence-electron chi connectivity index (χ2n) is 5.94. The molecule has 0 bridgehead atoms. The van der Waals surface area contributed by atoms with E-state index in [1.54, 1.807) is 24.3 Å². The molecule has 0 aliphatic carbocycles. The highest BCUT2D eigenvalue weighted by Gasteiger charge is 2.31. The molecular formula is C19H18BrN3O2. The number of primary amides is 1. The molecule has 0 aromatic heterocycles. The summed E-state index contributed by atoms with van der Waals surface area (Å²) in [6.45, 7) is 1.73. The smallest absolute Gasteiger partial charge is 0.239 e. The maximum atomic E-state index is 12.1. The molecule has 1 aliphatic rings. The van der Waals surface area contributed by atoms with Gasteiger partial charge in [-0.3, -0.25) is 9.69 Å². The first-order valence-electron chi connectivity index (χ1n) is 7.99. The van der Waals surface area contributed by atoms with Crippen molar-refractivity contribution in [1.29, 1.82) is 5.26 Å². The van der Waals surface area contributed by atoms with Gasteiger partial charge in [-0.15, -0.1) is 0 Å². The third-order valence-corrected chi connectivity index (χ3v) is 4.86. The van der Waals surface area contributed by atoms with Gasteiger partial charge in [-0.1, -0.05) is 40.2 Å². The highest BCUT2D eigenvalue weighted by Crippen LogP contribution is 2.29. The predicted octanol–water partition coefficient (Wildman–Crippen LogP) is 2.92. The summed E-state index contributed by atoms with van der Waals surface area (Å²) < 4.78 is 6.89. The molecular weight excluding hydrogens is 382 g/mol. The van der Waals surface area contributed by atoms with Gasteiger partial charge in [0, 0.05) is 17.6 Å². The van der Waals surface area contributed by atoms with Gasteiger partial charge in [0.05, 0.1) is 24.3 Å².